The molecule has 0 aromatic carbocycles. The normalized spacial score (nSPS) is 10.4. The lowest BCUT2D eigenvalue weighted by molar-refractivity contribution is 0.418. The summed E-state index contributed by atoms with van der Waals surface area (Å²) in [6.45, 7) is 0. The molecule has 0 bridgehead atoms. The summed E-state index contributed by atoms with van der Waals surface area (Å²) in [5.74, 6) is 0.531. The Balaban J connectivity index is 2.06. The van der Waals surface area contributed by atoms with Crippen LogP contribution in [0.1, 0.15) is 0 Å². The van der Waals surface area contributed by atoms with Crippen molar-refractivity contribution in [3.8, 4) is 22.5 Å². The summed E-state index contributed by atoms with van der Waals surface area (Å²) >= 11 is 0. The summed E-state index contributed by atoms with van der Waals surface area (Å²) < 4.78 is 4.71. The molecule has 5 nitrogen and oxygen atoms in total. The van der Waals surface area contributed by atoms with Gasteiger partial charge in [-0.05, 0) is 12.1 Å². The first-order chi connectivity index (χ1) is 8.43. The van der Waals surface area contributed by atoms with Gasteiger partial charge in [-0.3, -0.25) is 9.97 Å². The molecule has 0 aliphatic carbocycles. The average molecular weight is 224 g/mol. The van der Waals surface area contributed by atoms with Crippen LogP contribution in [-0.4, -0.2) is 20.1 Å². The molecule has 3 rings (SSSR count). The molecule has 0 saturated heterocycles. The fraction of sp³-hybridized carbons (Fsp3) is 0. The minimum Gasteiger partial charge on any atom is -0.342 e. The third-order valence-electron chi connectivity index (χ3n) is 2.35. The van der Waals surface area contributed by atoms with Gasteiger partial charge in [0.2, 0.25) is 12.2 Å². The standard InChI is InChI=1S/C12H8N4O/c1-2-9(5-13-3-1)10-4-11(7-14-6-10)12-15-8-17-16-12/h1-8H. The summed E-state index contributed by atoms with van der Waals surface area (Å²) in [6, 6.07) is 5.81. The van der Waals surface area contributed by atoms with Crippen LogP contribution in [0.5, 0.6) is 0 Å². The molecule has 0 atom stereocenters. The van der Waals surface area contributed by atoms with Crippen molar-refractivity contribution in [1.82, 2.24) is 20.1 Å². The lowest BCUT2D eigenvalue weighted by Crippen LogP contribution is -1.85. The van der Waals surface area contributed by atoms with Gasteiger partial charge in [0.15, 0.2) is 0 Å². The van der Waals surface area contributed by atoms with E-state index >= 15 is 0 Å². The van der Waals surface area contributed by atoms with E-state index in [1.165, 1.54) is 6.39 Å². The summed E-state index contributed by atoms with van der Waals surface area (Å²) in [7, 11) is 0. The first-order valence-electron chi connectivity index (χ1n) is 5.06. The zero-order chi connectivity index (χ0) is 11.5. The monoisotopic (exact) mass is 224 g/mol. The zero-order valence-electron chi connectivity index (χ0n) is 8.82. The van der Waals surface area contributed by atoms with E-state index in [1.54, 1.807) is 24.8 Å². The van der Waals surface area contributed by atoms with Gasteiger partial charge in [-0.25, -0.2) is 0 Å². The maximum absolute atomic E-state index is 4.71. The van der Waals surface area contributed by atoms with Crippen molar-refractivity contribution < 1.29 is 4.52 Å². The van der Waals surface area contributed by atoms with E-state index < -0.39 is 0 Å². The molecule has 0 aliphatic rings. The Morgan fingerprint density at radius 3 is 2.59 bits per heavy atom. The van der Waals surface area contributed by atoms with E-state index in [9.17, 15) is 0 Å². The maximum atomic E-state index is 4.71. The molecule has 0 fully saturated rings. The molecular weight excluding hydrogens is 216 g/mol. The van der Waals surface area contributed by atoms with Crippen molar-refractivity contribution in [2.24, 2.45) is 0 Å². The SMILES string of the molecule is c1cncc(-c2cncc(-c3ncon3)c2)c1. The van der Waals surface area contributed by atoms with Crippen LogP contribution in [0.2, 0.25) is 0 Å². The molecule has 17 heavy (non-hydrogen) atoms. The molecule has 3 heterocycles. The Bertz CT molecular complexity index is 607. The van der Waals surface area contributed by atoms with Gasteiger partial charge in [-0.1, -0.05) is 11.2 Å². The van der Waals surface area contributed by atoms with Gasteiger partial charge < -0.3 is 4.52 Å². The van der Waals surface area contributed by atoms with Crippen molar-refractivity contribution in [2.75, 3.05) is 0 Å². The van der Waals surface area contributed by atoms with E-state index in [1.807, 2.05) is 18.2 Å². The molecule has 0 spiro atoms. The predicted molar refractivity (Wildman–Crippen MR) is 60.8 cm³/mol. The second-order valence-electron chi connectivity index (χ2n) is 3.46. The lowest BCUT2D eigenvalue weighted by Gasteiger charge is -2.01. The Hall–Kier alpha value is -2.56. The van der Waals surface area contributed by atoms with E-state index in [0.717, 1.165) is 16.7 Å². The number of hydrogen-bond donors (Lipinski definition) is 0. The second-order valence-corrected chi connectivity index (χ2v) is 3.46. The van der Waals surface area contributed by atoms with Gasteiger partial charge in [0.25, 0.3) is 0 Å². The molecule has 0 aliphatic heterocycles. The molecule has 0 N–H and O–H groups in total. The quantitative estimate of drug-likeness (QED) is 0.667. The fourth-order valence-electron chi connectivity index (χ4n) is 1.55. The summed E-state index contributed by atoms with van der Waals surface area (Å²) in [5.41, 5.74) is 2.80. The molecule has 0 saturated carbocycles. The van der Waals surface area contributed by atoms with Crippen LogP contribution in [0.3, 0.4) is 0 Å². The average Bonchev–Trinajstić information content (AvgIpc) is 2.94. The molecule has 0 amide bonds. The van der Waals surface area contributed by atoms with Gasteiger partial charge in [0.05, 0.1) is 0 Å². The number of nitrogens with zero attached hydrogens (tertiary/aromatic N) is 4. The van der Waals surface area contributed by atoms with E-state index in [2.05, 4.69) is 20.1 Å². The van der Waals surface area contributed by atoms with Crippen molar-refractivity contribution in [1.29, 1.82) is 0 Å². The first kappa shape index (κ1) is 9.65. The first-order valence-corrected chi connectivity index (χ1v) is 5.06. The third-order valence-corrected chi connectivity index (χ3v) is 2.35. The Morgan fingerprint density at radius 1 is 0.941 bits per heavy atom. The highest BCUT2D eigenvalue weighted by Gasteiger charge is 2.05. The minimum atomic E-state index is 0.531. The molecule has 0 radical (unpaired) electrons. The molecule has 0 unspecified atom stereocenters. The van der Waals surface area contributed by atoms with Crippen molar-refractivity contribution >= 4 is 0 Å². The van der Waals surface area contributed by atoms with E-state index in [4.69, 9.17) is 4.52 Å². The topological polar surface area (TPSA) is 64.7 Å². The van der Waals surface area contributed by atoms with Crippen LogP contribution in [0.25, 0.3) is 22.5 Å². The highest BCUT2D eigenvalue weighted by molar-refractivity contribution is 5.67. The Labute approximate surface area is 97.2 Å². The molecule has 5 heteroatoms. The van der Waals surface area contributed by atoms with Crippen LogP contribution in [-0.2, 0) is 0 Å². The van der Waals surface area contributed by atoms with Gasteiger partial charge in [0, 0.05) is 41.5 Å². The zero-order valence-corrected chi connectivity index (χ0v) is 8.82. The summed E-state index contributed by atoms with van der Waals surface area (Å²) in [5, 5.41) is 3.78. The van der Waals surface area contributed by atoms with Crippen molar-refractivity contribution in [2.45, 2.75) is 0 Å². The summed E-state index contributed by atoms with van der Waals surface area (Å²) in [6.07, 6.45) is 8.30. The van der Waals surface area contributed by atoms with Crippen LogP contribution < -0.4 is 0 Å². The Morgan fingerprint density at radius 2 is 1.82 bits per heavy atom. The van der Waals surface area contributed by atoms with E-state index in [-0.39, 0.29) is 0 Å². The van der Waals surface area contributed by atoms with Crippen LogP contribution in [0, 0.1) is 0 Å². The van der Waals surface area contributed by atoms with Crippen LogP contribution in [0.4, 0.5) is 0 Å². The van der Waals surface area contributed by atoms with Crippen LogP contribution >= 0.6 is 0 Å². The molecule has 3 aromatic rings. The second kappa shape index (κ2) is 4.13. The molecule has 82 valence electrons. The van der Waals surface area contributed by atoms with Gasteiger partial charge in [-0.2, -0.15) is 4.98 Å². The van der Waals surface area contributed by atoms with Gasteiger partial charge in [-0.15, -0.1) is 0 Å². The minimum absolute atomic E-state index is 0.531. The molecule has 3 aromatic heterocycles. The predicted octanol–water partition coefficient (Wildman–Crippen LogP) is 2.19. The Kier molecular flexibility index (Phi) is 2.34. The van der Waals surface area contributed by atoms with E-state index in [0.29, 0.717) is 5.82 Å². The number of rotatable bonds is 2. The highest BCUT2D eigenvalue weighted by Crippen LogP contribution is 2.22. The molecular formula is C12H8N4O. The summed E-state index contributed by atoms with van der Waals surface area (Å²) in [4.78, 5) is 12.2. The fourth-order valence-corrected chi connectivity index (χ4v) is 1.55. The smallest absolute Gasteiger partial charge is 0.214 e. The van der Waals surface area contributed by atoms with Crippen molar-refractivity contribution in [3.63, 3.8) is 0 Å². The van der Waals surface area contributed by atoms with Crippen molar-refractivity contribution in [3.05, 3.63) is 49.4 Å². The van der Waals surface area contributed by atoms with Gasteiger partial charge in [0.1, 0.15) is 0 Å². The number of pyridine rings is 2. The highest BCUT2D eigenvalue weighted by atomic mass is 16.5. The largest absolute Gasteiger partial charge is 0.342 e. The number of hydrogen-bond acceptors (Lipinski definition) is 5. The lowest BCUT2D eigenvalue weighted by atomic mass is 10.1. The van der Waals surface area contributed by atoms with Crippen LogP contribution in [0.15, 0.2) is 53.9 Å². The third kappa shape index (κ3) is 1.90. The maximum Gasteiger partial charge on any atom is 0.214 e. The van der Waals surface area contributed by atoms with Gasteiger partial charge >= 0.3 is 0 Å². The number of aromatic nitrogens is 4.